The Morgan fingerprint density at radius 2 is 1.67 bits per heavy atom. The van der Waals surface area contributed by atoms with Crippen molar-refractivity contribution in [2.75, 3.05) is 0 Å². The van der Waals surface area contributed by atoms with Crippen molar-refractivity contribution in [1.29, 1.82) is 0 Å². The Labute approximate surface area is 120 Å². The SMILES string of the molecule is Cc1ccc(N=Nc2c(O)n(C)c(=O)n(C)c2=O)cc1C. The van der Waals surface area contributed by atoms with Gasteiger partial charge in [0.25, 0.3) is 5.56 Å². The fourth-order valence-electron chi connectivity index (χ4n) is 1.80. The van der Waals surface area contributed by atoms with Gasteiger partial charge in [0.1, 0.15) is 0 Å². The van der Waals surface area contributed by atoms with Gasteiger partial charge < -0.3 is 5.11 Å². The van der Waals surface area contributed by atoms with Crippen LogP contribution in [0.25, 0.3) is 0 Å². The zero-order valence-electron chi connectivity index (χ0n) is 12.3. The smallest absolute Gasteiger partial charge is 0.333 e. The van der Waals surface area contributed by atoms with Crippen molar-refractivity contribution in [3.63, 3.8) is 0 Å². The van der Waals surface area contributed by atoms with E-state index in [4.69, 9.17) is 0 Å². The highest BCUT2D eigenvalue weighted by atomic mass is 16.3. The monoisotopic (exact) mass is 288 g/mol. The van der Waals surface area contributed by atoms with Crippen LogP contribution < -0.4 is 11.2 Å². The number of aromatic nitrogens is 2. The first-order valence-corrected chi connectivity index (χ1v) is 6.31. The summed E-state index contributed by atoms with van der Waals surface area (Å²) in [5.74, 6) is -0.504. The molecule has 7 nitrogen and oxygen atoms in total. The van der Waals surface area contributed by atoms with E-state index < -0.39 is 17.1 Å². The van der Waals surface area contributed by atoms with Crippen LogP contribution in [0.1, 0.15) is 11.1 Å². The van der Waals surface area contributed by atoms with Gasteiger partial charge in [-0.05, 0) is 37.1 Å². The summed E-state index contributed by atoms with van der Waals surface area (Å²) in [4.78, 5) is 23.6. The number of aromatic hydroxyl groups is 1. The molecule has 2 aromatic rings. The first-order valence-electron chi connectivity index (χ1n) is 6.31. The molecule has 7 heteroatoms. The molecule has 1 N–H and O–H groups in total. The average molecular weight is 288 g/mol. The van der Waals surface area contributed by atoms with E-state index in [-0.39, 0.29) is 5.69 Å². The maximum atomic E-state index is 11.9. The number of hydrogen-bond acceptors (Lipinski definition) is 5. The Morgan fingerprint density at radius 3 is 2.29 bits per heavy atom. The molecule has 0 aliphatic carbocycles. The second-order valence-electron chi connectivity index (χ2n) is 4.85. The lowest BCUT2D eigenvalue weighted by molar-refractivity contribution is 0.413. The van der Waals surface area contributed by atoms with Crippen LogP contribution in [-0.2, 0) is 14.1 Å². The summed E-state index contributed by atoms with van der Waals surface area (Å²) in [5, 5.41) is 17.6. The van der Waals surface area contributed by atoms with Gasteiger partial charge >= 0.3 is 5.69 Å². The normalized spacial score (nSPS) is 11.2. The van der Waals surface area contributed by atoms with Crippen LogP contribution in [0.15, 0.2) is 38.0 Å². The molecule has 1 aromatic carbocycles. The van der Waals surface area contributed by atoms with Gasteiger partial charge in [-0.2, -0.15) is 5.11 Å². The Bertz CT molecular complexity index is 847. The lowest BCUT2D eigenvalue weighted by atomic mass is 10.1. The molecule has 0 aliphatic rings. The number of rotatable bonds is 2. The Morgan fingerprint density at radius 1 is 1.00 bits per heavy atom. The van der Waals surface area contributed by atoms with Gasteiger partial charge in [-0.3, -0.25) is 13.9 Å². The number of azo groups is 1. The van der Waals surface area contributed by atoms with Gasteiger partial charge in [0.05, 0.1) is 5.69 Å². The quantitative estimate of drug-likeness (QED) is 0.855. The van der Waals surface area contributed by atoms with E-state index >= 15 is 0 Å². The minimum atomic E-state index is -0.691. The molecule has 0 fully saturated rings. The Balaban J connectivity index is 2.54. The molecule has 0 atom stereocenters. The van der Waals surface area contributed by atoms with Crippen LogP contribution in [0.2, 0.25) is 0 Å². The molecule has 0 unspecified atom stereocenters. The minimum Gasteiger partial charge on any atom is -0.493 e. The molecule has 0 spiro atoms. The summed E-state index contributed by atoms with van der Waals surface area (Å²) >= 11 is 0. The fourth-order valence-corrected chi connectivity index (χ4v) is 1.80. The number of aryl methyl sites for hydroxylation is 2. The molecule has 0 saturated carbocycles. The summed E-state index contributed by atoms with van der Waals surface area (Å²) in [6.07, 6.45) is 0. The molecule has 0 bridgehead atoms. The van der Waals surface area contributed by atoms with Gasteiger partial charge in [0, 0.05) is 14.1 Å². The van der Waals surface area contributed by atoms with Gasteiger partial charge in [-0.15, -0.1) is 5.11 Å². The molecule has 1 heterocycles. The van der Waals surface area contributed by atoms with Crippen molar-refractivity contribution in [2.45, 2.75) is 13.8 Å². The summed E-state index contributed by atoms with van der Waals surface area (Å²) < 4.78 is 1.81. The van der Waals surface area contributed by atoms with E-state index in [1.54, 1.807) is 6.07 Å². The highest BCUT2D eigenvalue weighted by Gasteiger charge is 2.14. The molecule has 0 radical (unpaired) electrons. The van der Waals surface area contributed by atoms with Crippen LogP contribution in [0.5, 0.6) is 5.88 Å². The number of benzene rings is 1. The van der Waals surface area contributed by atoms with Crippen molar-refractivity contribution in [2.24, 2.45) is 24.3 Å². The average Bonchev–Trinajstić information content (AvgIpc) is 2.46. The van der Waals surface area contributed by atoms with Crippen LogP contribution in [0, 0.1) is 13.8 Å². The second-order valence-corrected chi connectivity index (χ2v) is 4.85. The second kappa shape index (κ2) is 5.35. The molecular formula is C14H16N4O3. The fraction of sp³-hybridized carbons (Fsp3) is 0.286. The summed E-state index contributed by atoms with van der Waals surface area (Å²) in [6.45, 7) is 3.92. The third kappa shape index (κ3) is 2.62. The van der Waals surface area contributed by atoms with E-state index in [0.29, 0.717) is 5.69 Å². The van der Waals surface area contributed by atoms with Crippen molar-refractivity contribution >= 4 is 11.4 Å². The van der Waals surface area contributed by atoms with Crippen LogP contribution >= 0.6 is 0 Å². The van der Waals surface area contributed by atoms with E-state index in [1.807, 2.05) is 26.0 Å². The zero-order valence-corrected chi connectivity index (χ0v) is 12.3. The molecule has 110 valence electrons. The predicted octanol–water partition coefficient (Wildman–Crippen LogP) is 1.82. The van der Waals surface area contributed by atoms with Crippen molar-refractivity contribution in [3.05, 3.63) is 50.2 Å². The first kappa shape index (κ1) is 14.7. The van der Waals surface area contributed by atoms with Crippen LogP contribution in [0.3, 0.4) is 0 Å². The molecule has 1 aromatic heterocycles. The summed E-state index contributed by atoms with van der Waals surface area (Å²) in [5.41, 5.74) is 1.15. The minimum absolute atomic E-state index is 0.266. The molecular weight excluding hydrogens is 272 g/mol. The van der Waals surface area contributed by atoms with E-state index in [9.17, 15) is 14.7 Å². The van der Waals surface area contributed by atoms with Crippen LogP contribution in [-0.4, -0.2) is 14.2 Å². The molecule has 0 amide bonds. The molecule has 2 rings (SSSR count). The van der Waals surface area contributed by atoms with E-state index in [0.717, 1.165) is 20.3 Å². The lowest BCUT2D eigenvalue weighted by Gasteiger charge is -2.06. The summed E-state index contributed by atoms with van der Waals surface area (Å²) in [7, 11) is 2.67. The van der Waals surface area contributed by atoms with E-state index in [1.165, 1.54) is 14.1 Å². The highest BCUT2D eigenvalue weighted by Crippen LogP contribution is 2.23. The zero-order chi connectivity index (χ0) is 15.7. The molecule has 21 heavy (non-hydrogen) atoms. The van der Waals surface area contributed by atoms with Gasteiger partial charge in [-0.1, -0.05) is 6.07 Å². The van der Waals surface area contributed by atoms with Crippen LogP contribution in [0.4, 0.5) is 11.4 Å². The van der Waals surface area contributed by atoms with Crippen molar-refractivity contribution < 1.29 is 5.11 Å². The Hall–Kier alpha value is -2.70. The first-order chi connectivity index (χ1) is 9.82. The predicted molar refractivity (Wildman–Crippen MR) is 78.7 cm³/mol. The maximum Gasteiger partial charge on any atom is 0.333 e. The van der Waals surface area contributed by atoms with E-state index in [2.05, 4.69) is 10.2 Å². The Kier molecular flexibility index (Phi) is 3.75. The van der Waals surface area contributed by atoms with Gasteiger partial charge in [0.15, 0.2) is 0 Å². The topological polar surface area (TPSA) is 88.9 Å². The summed E-state index contributed by atoms with van der Waals surface area (Å²) in [6, 6.07) is 5.47. The third-order valence-electron chi connectivity index (χ3n) is 3.37. The van der Waals surface area contributed by atoms with Gasteiger partial charge in [0.2, 0.25) is 11.6 Å². The third-order valence-corrected chi connectivity index (χ3v) is 3.37. The van der Waals surface area contributed by atoms with Crippen molar-refractivity contribution in [1.82, 2.24) is 9.13 Å². The number of nitrogens with zero attached hydrogens (tertiary/aromatic N) is 4. The highest BCUT2D eigenvalue weighted by molar-refractivity contribution is 5.46. The maximum absolute atomic E-state index is 11.9. The van der Waals surface area contributed by atoms with Crippen molar-refractivity contribution in [3.8, 4) is 5.88 Å². The van der Waals surface area contributed by atoms with Gasteiger partial charge in [-0.25, -0.2) is 4.79 Å². The lowest BCUT2D eigenvalue weighted by Crippen LogP contribution is -2.36. The number of hydrogen-bond donors (Lipinski definition) is 1. The standard InChI is InChI=1S/C14H16N4O3/c1-8-5-6-10(7-9(8)2)15-16-11-12(19)17(3)14(21)18(4)13(11)20/h5-7,19H,1-4H3. The molecule has 0 aliphatic heterocycles. The largest absolute Gasteiger partial charge is 0.493 e. The molecule has 0 saturated heterocycles.